The smallest absolute Gasteiger partial charge is 0.328 e. The number of hydrogen-bond acceptors (Lipinski definition) is 3. The van der Waals surface area contributed by atoms with E-state index >= 15 is 8.78 Å². The number of nitrogens with one attached hydrogen (secondary N) is 1. The molecule has 1 aromatic heterocycles. The SMILES string of the molecule is C[C@@H]1Cc2c([nH]c3ccccc23)[C@@H](c2c(F)cc(C=CC(=O)O)cc2F)N1CC(C)(F)CO. The third-order valence-corrected chi connectivity index (χ3v) is 6.15. The van der Waals surface area contributed by atoms with E-state index in [9.17, 15) is 14.3 Å². The molecule has 33 heavy (non-hydrogen) atoms. The highest BCUT2D eigenvalue weighted by Crippen LogP contribution is 2.43. The number of para-hydroxylation sites is 1. The Morgan fingerprint density at radius 1 is 1.27 bits per heavy atom. The highest BCUT2D eigenvalue weighted by Gasteiger charge is 2.41. The Morgan fingerprint density at radius 2 is 1.94 bits per heavy atom. The van der Waals surface area contributed by atoms with Gasteiger partial charge in [-0.2, -0.15) is 0 Å². The van der Waals surface area contributed by atoms with Crippen LogP contribution >= 0.6 is 0 Å². The van der Waals surface area contributed by atoms with Crippen LogP contribution in [0.4, 0.5) is 13.2 Å². The van der Waals surface area contributed by atoms with Gasteiger partial charge in [0.2, 0.25) is 0 Å². The van der Waals surface area contributed by atoms with Crippen molar-refractivity contribution in [2.24, 2.45) is 0 Å². The van der Waals surface area contributed by atoms with E-state index in [-0.39, 0.29) is 23.7 Å². The molecule has 1 aliphatic rings. The van der Waals surface area contributed by atoms with E-state index in [0.717, 1.165) is 40.8 Å². The zero-order valence-corrected chi connectivity index (χ0v) is 18.3. The van der Waals surface area contributed by atoms with Gasteiger partial charge < -0.3 is 15.2 Å². The first-order valence-corrected chi connectivity index (χ1v) is 10.7. The quantitative estimate of drug-likeness (QED) is 0.472. The molecule has 3 aromatic rings. The summed E-state index contributed by atoms with van der Waals surface area (Å²) in [6, 6.07) is 8.45. The molecule has 0 radical (unpaired) electrons. The van der Waals surface area contributed by atoms with Gasteiger partial charge in [0.1, 0.15) is 17.3 Å². The number of rotatable bonds is 6. The summed E-state index contributed by atoms with van der Waals surface area (Å²) in [7, 11) is 0. The van der Waals surface area contributed by atoms with Crippen molar-refractivity contribution in [2.75, 3.05) is 13.2 Å². The highest BCUT2D eigenvalue weighted by molar-refractivity contribution is 5.86. The van der Waals surface area contributed by atoms with Gasteiger partial charge in [0.15, 0.2) is 0 Å². The molecule has 0 spiro atoms. The summed E-state index contributed by atoms with van der Waals surface area (Å²) in [5.41, 5.74) is 0.137. The number of fused-ring (bicyclic) bond motifs is 3. The maximum absolute atomic E-state index is 15.4. The van der Waals surface area contributed by atoms with Crippen LogP contribution < -0.4 is 0 Å². The summed E-state index contributed by atoms with van der Waals surface area (Å²) in [6.07, 6.45) is 2.45. The summed E-state index contributed by atoms with van der Waals surface area (Å²) < 4.78 is 45.7. The van der Waals surface area contributed by atoms with Crippen molar-refractivity contribution >= 4 is 22.9 Å². The van der Waals surface area contributed by atoms with Gasteiger partial charge in [0.25, 0.3) is 0 Å². The molecule has 0 saturated carbocycles. The number of aromatic amines is 1. The van der Waals surface area contributed by atoms with Crippen molar-refractivity contribution in [2.45, 2.75) is 38.0 Å². The number of aliphatic carboxylic acids is 1. The van der Waals surface area contributed by atoms with Gasteiger partial charge >= 0.3 is 5.97 Å². The molecule has 0 aliphatic carbocycles. The molecule has 2 heterocycles. The van der Waals surface area contributed by atoms with Gasteiger partial charge in [-0.25, -0.2) is 18.0 Å². The number of hydrogen-bond donors (Lipinski definition) is 3. The van der Waals surface area contributed by atoms with E-state index in [1.165, 1.54) is 6.92 Å². The number of nitrogens with zero attached hydrogens (tertiary/aromatic N) is 1. The third-order valence-electron chi connectivity index (χ3n) is 6.15. The van der Waals surface area contributed by atoms with E-state index in [2.05, 4.69) is 4.98 Å². The van der Waals surface area contributed by atoms with Crippen LogP contribution in [-0.2, 0) is 11.2 Å². The lowest BCUT2D eigenvalue weighted by molar-refractivity contribution is -0.131. The number of H-pyrrole nitrogens is 1. The van der Waals surface area contributed by atoms with Crippen LogP contribution in [0.25, 0.3) is 17.0 Å². The molecule has 0 bridgehead atoms. The van der Waals surface area contributed by atoms with Crippen molar-refractivity contribution in [3.8, 4) is 0 Å². The van der Waals surface area contributed by atoms with Gasteiger partial charge in [-0.1, -0.05) is 18.2 Å². The van der Waals surface area contributed by atoms with Crippen molar-refractivity contribution in [1.29, 1.82) is 0 Å². The summed E-state index contributed by atoms with van der Waals surface area (Å²) >= 11 is 0. The van der Waals surface area contributed by atoms with Crippen molar-refractivity contribution < 1.29 is 28.2 Å². The lowest BCUT2D eigenvalue weighted by Gasteiger charge is -2.43. The molecule has 2 aromatic carbocycles. The molecule has 0 saturated heterocycles. The number of aliphatic hydroxyl groups is 1. The molecule has 174 valence electrons. The molecule has 8 heteroatoms. The minimum absolute atomic E-state index is 0.0640. The monoisotopic (exact) mass is 458 g/mol. The summed E-state index contributed by atoms with van der Waals surface area (Å²) in [6.45, 7) is 2.16. The minimum atomic E-state index is -1.98. The molecule has 0 amide bonds. The molecule has 3 N–H and O–H groups in total. The van der Waals surface area contributed by atoms with Gasteiger partial charge in [-0.15, -0.1) is 0 Å². The molecule has 4 rings (SSSR count). The fourth-order valence-electron chi connectivity index (χ4n) is 4.62. The standard InChI is InChI=1S/C25H25F3N2O3/c1-14-9-17-16-5-3-4-6-20(16)29-23(17)24(30(14)12-25(2,28)13-31)22-18(26)10-15(11-19(22)27)7-8-21(32)33/h3-8,10-11,14,24,29,31H,9,12-13H2,1-2H3,(H,32,33)/t14-,24-,25?/m1/s1. The second-order valence-electron chi connectivity index (χ2n) is 8.83. The highest BCUT2D eigenvalue weighted by atomic mass is 19.1. The van der Waals surface area contributed by atoms with Gasteiger partial charge in [-0.05, 0) is 55.7 Å². The van der Waals surface area contributed by atoms with Crippen LogP contribution in [0.5, 0.6) is 0 Å². The predicted octanol–water partition coefficient (Wildman–Crippen LogP) is 4.60. The number of aromatic nitrogens is 1. The predicted molar refractivity (Wildman–Crippen MR) is 120 cm³/mol. The zero-order valence-electron chi connectivity index (χ0n) is 18.3. The summed E-state index contributed by atoms with van der Waals surface area (Å²) in [5.74, 6) is -2.96. The average molecular weight is 458 g/mol. The Hall–Kier alpha value is -3.10. The first-order valence-electron chi connectivity index (χ1n) is 10.7. The minimum Gasteiger partial charge on any atom is -0.478 e. The van der Waals surface area contributed by atoms with Crippen LogP contribution in [0, 0.1) is 11.6 Å². The van der Waals surface area contributed by atoms with E-state index in [1.807, 2.05) is 31.2 Å². The van der Waals surface area contributed by atoms with Crippen LogP contribution in [-0.4, -0.2) is 50.9 Å². The Bertz CT molecular complexity index is 1210. The zero-order chi connectivity index (χ0) is 23.9. The molecule has 3 atom stereocenters. The lowest BCUT2D eigenvalue weighted by Crippen LogP contribution is -2.50. The fourth-order valence-corrected chi connectivity index (χ4v) is 4.62. The number of carboxylic acid groups (broad SMARTS) is 1. The van der Waals surface area contributed by atoms with Gasteiger partial charge in [-0.3, -0.25) is 4.90 Å². The molecular formula is C25H25F3N2O3. The number of alkyl halides is 1. The molecule has 5 nitrogen and oxygen atoms in total. The van der Waals surface area contributed by atoms with Gasteiger partial charge in [0, 0.05) is 40.8 Å². The van der Waals surface area contributed by atoms with Crippen molar-refractivity contribution in [3.63, 3.8) is 0 Å². The average Bonchev–Trinajstić information content (AvgIpc) is 3.12. The Balaban J connectivity index is 1.91. The molecule has 0 fully saturated rings. The van der Waals surface area contributed by atoms with E-state index in [1.54, 1.807) is 4.90 Å². The summed E-state index contributed by atoms with van der Waals surface area (Å²) in [5, 5.41) is 19.3. The van der Waals surface area contributed by atoms with Crippen LogP contribution in [0.1, 0.15) is 42.3 Å². The second-order valence-corrected chi connectivity index (χ2v) is 8.83. The van der Waals surface area contributed by atoms with E-state index in [4.69, 9.17) is 5.11 Å². The van der Waals surface area contributed by atoms with Crippen molar-refractivity contribution in [3.05, 3.63) is 76.5 Å². The third kappa shape index (κ3) is 4.41. The number of carboxylic acids is 1. The molecular weight excluding hydrogens is 433 g/mol. The first kappa shape index (κ1) is 23.1. The number of benzene rings is 2. The van der Waals surface area contributed by atoms with Crippen LogP contribution in [0.3, 0.4) is 0 Å². The lowest BCUT2D eigenvalue weighted by atomic mass is 9.86. The Labute approximate surface area is 189 Å². The normalized spacial score (nSPS) is 20.8. The maximum atomic E-state index is 15.4. The Morgan fingerprint density at radius 3 is 2.58 bits per heavy atom. The van der Waals surface area contributed by atoms with Gasteiger partial charge in [0.05, 0.1) is 12.6 Å². The Kier molecular flexibility index (Phi) is 6.07. The fraction of sp³-hybridized carbons (Fsp3) is 0.320. The number of halogens is 3. The van der Waals surface area contributed by atoms with Crippen LogP contribution in [0.2, 0.25) is 0 Å². The topological polar surface area (TPSA) is 76.6 Å². The molecule has 1 unspecified atom stereocenters. The van der Waals surface area contributed by atoms with Crippen LogP contribution in [0.15, 0.2) is 42.5 Å². The first-order chi connectivity index (χ1) is 15.6. The number of aliphatic hydroxyl groups excluding tert-OH is 1. The molecule has 1 aliphatic heterocycles. The number of carbonyl (C=O) groups is 1. The second kappa shape index (κ2) is 8.68. The summed E-state index contributed by atoms with van der Waals surface area (Å²) in [4.78, 5) is 15.7. The van der Waals surface area contributed by atoms with Crippen molar-refractivity contribution in [1.82, 2.24) is 9.88 Å². The van der Waals surface area contributed by atoms with E-state index < -0.39 is 35.9 Å². The van der Waals surface area contributed by atoms with E-state index in [0.29, 0.717) is 12.1 Å². The maximum Gasteiger partial charge on any atom is 0.328 e. The largest absolute Gasteiger partial charge is 0.478 e.